The molecule has 1 rings (SSSR count). The van der Waals surface area contributed by atoms with Gasteiger partial charge in [-0.2, -0.15) is 0 Å². The Hall–Kier alpha value is -1.51. The molecule has 3 heteroatoms. The van der Waals surface area contributed by atoms with Crippen molar-refractivity contribution in [2.75, 3.05) is 5.32 Å². The highest BCUT2D eigenvalue weighted by Crippen LogP contribution is 2.11. The average Bonchev–Trinajstić information content (AvgIpc) is 2.14. The number of carbonyl (C=O) groups is 1. The Morgan fingerprint density at radius 1 is 1.29 bits per heavy atom. The van der Waals surface area contributed by atoms with Crippen LogP contribution in [-0.4, -0.2) is 17.5 Å². The zero-order valence-corrected chi connectivity index (χ0v) is 11.3. The van der Waals surface area contributed by atoms with Gasteiger partial charge in [-0.3, -0.25) is 4.79 Å². The van der Waals surface area contributed by atoms with Crippen LogP contribution in [0.1, 0.15) is 33.3 Å². The van der Waals surface area contributed by atoms with Crippen LogP contribution in [0.4, 0.5) is 5.69 Å². The zero-order valence-electron chi connectivity index (χ0n) is 11.3. The van der Waals surface area contributed by atoms with E-state index in [1.165, 1.54) is 5.56 Å². The topological polar surface area (TPSA) is 41.1 Å². The number of benzene rings is 1. The van der Waals surface area contributed by atoms with E-state index >= 15 is 0 Å². The summed E-state index contributed by atoms with van der Waals surface area (Å²) in [4.78, 5) is 11.9. The first-order chi connectivity index (χ1) is 7.78. The van der Waals surface area contributed by atoms with E-state index in [0.29, 0.717) is 0 Å². The first kappa shape index (κ1) is 13.6. The Bertz CT molecular complexity index is 393. The quantitative estimate of drug-likeness (QED) is 0.844. The smallest absolute Gasteiger partial charge is 0.242 e. The number of amides is 1. The molecule has 0 aromatic heterocycles. The molecule has 0 aliphatic carbocycles. The summed E-state index contributed by atoms with van der Waals surface area (Å²) in [5, 5.41) is 6.15. The maximum atomic E-state index is 11.9. The molecular weight excluding hydrogens is 212 g/mol. The lowest BCUT2D eigenvalue weighted by molar-refractivity contribution is -0.122. The molecule has 94 valence electrons. The van der Waals surface area contributed by atoms with Crippen LogP contribution in [0.2, 0.25) is 0 Å². The van der Waals surface area contributed by atoms with Gasteiger partial charge in [0.1, 0.15) is 6.04 Å². The molecule has 0 spiro atoms. The van der Waals surface area contributed by atoms with Gasteiger partial charge in [-0.15, -0.1) is 0 Å². The number of hydrogen-bond donors (Lipinski definition) is 2. The third-order valence-electron chi connectivity index (χ3n) is 2.29. The van der Waals surface area contributed by atoms with E-state index in [0.717, 1.165) is 5.69 Å². The molecule has 1 aromatic carbocycles. The number of hydrogen-bond acceptors (Lipinski definition) is 2. The van der Waals surface area contributed by atoms with Gasteiger partial charge >= 0.3 is 0 Å². The van der Waals surface area contributed by atoms with Crippen molar-refractivity contribution in [3.8, 4) is 0 Å². The number of anilines is 1. The molecule has 0 aliphatic rings. The number of nitrogens with one attached hydrogen (secondary N) is 2. The van der Waals surface area contributed by atoms with Crippen LogP contribution in [0.15, 0.2) is 24.3 Å². The third kappa shape index (κ3) is 4.89. The monoisotopic (exact) mass is 234 g/mol. The molecule has 0 unspecified atom stereocenters. The summed E-state index contributed by atoms with van der Waals surface area (Å²) < 4.78 is 0. The SMILES string of the molecule is Cc1cccc(N[C@@H](C)C(=O)NC(C)(C)C)c1. The molecule has 17 heavy (non-hydrogen) atoms. The largest absolute Gasteiger partial charge is 0.374 e. The van der Waals surface area contributed by atoms with E-state index in [2.05, 4.69) is 10.6 Å². The van der Waals surface area contributed by atoms with Crippen LogP contribution in [0.5, 0.6) is 0 Å². The normalized spacial score (nSPS) is 13.0. The molecular formula is C14H22N2O. The van der Waals surface area contributed by atoms with Gasteiger partial charge in [0.2, 0.25) is 5.91 Å². The summed E-state index contributed by atoms with van der Waals surface area (Å²) in [6.07, 6.45) is 0. The second-order valence-electron chi connectivity index (χ2n) is 5.47. The van der Waals surface area contributed by atoms with Gasteiger partial charge in [0.15, 0.2) is 0 Å². The predicted octanol–water partition coefficient (Wildman–Crippen LogP) is 2.71. The second kappa shape index (κ2) is 5.21. The van der Waals surface area contributed by atoms with Crippen LogP contribution < -0.4 is 10.6 Å². The molecule has 0 radical (unpaired) electrons. The van der Waals surface area contributed by atoms with Crippen molar-refractivity contribution >= 4 is 11.6 Å². The van der Waals surface area contributed by atoms with Gasteiger partial charge in [-0.05, 0) is 52.3 Å². The fraction of sp³-hybridized carbons (Fsp3) is 0.500. The van der Waals surface area contributed by atoms with Crippen molar-refractivity contribution < 1.29 is 4.79 Å². The lowest BCUT2D eigenvalue weighted by Gasteiger charge is -2.24. The Kier molecular flexibility index (Phi) is 4.16. The van der Waals surface area contributed by atoms with Crippen molar-refractivity contribution in [3.05, 3.63) is 29.8 Å². The van der Waals surface area contributed by atoms with Gasteiger partial charge in [0.25, 0.3) is 0 Å². The molecule has 2 N–H and O–H groups in total. The summed E-state index contributed by atoms with van der Waals surface area (Å²) in [6, 6.07) is 7.77. The lowest BCUT2D eigenvalue weighted by atomic mass is 10.1. The minimum absolute atomic E-state index is 0.0130. The standard InChI is InChI=1S/C14H22N2O/c1-10-7-6-8-12(9-10)15-11(2)13(17)16-14(3,4)5/h6-9,11,15H,1-5H3,(H,16,17)/t11-/m0/s1. The minimum atomic E-state index is -0.240. The van der Waals surface area contributed by atoms with E-state index in [4.69, 9.17) is 0 Å². The molecule has 1 atom stereocenters. The van der Waals surface area contributed by atoms with Crippen molar-refractivity contribution in [3.63, 3.8) is 0 Å². The first-order valence-corrected chi connectivity index (χ1v) is 5.93. The van der Waals surface area contributed by atoms with Crippen LogP contribution >= 0.6 is 0 Å². The van der Waals surface area contributed by atoms with E-state index < -0.39 is 0 Å². The molecule has 1 amide bonds. The predicted molar refractivity (Wildman–Crippen MR) is 72.2 cm³/mol. The molecule has 0 aliphatic heterocycles. The number of rotatable bonds is 3. The van der Waals surface area contributed by atoms with Crippen molar-refractivity contribution in [2.24, 2.45) is 0 Å². The number of aryl methyl sites for hydroxylation is 1. The Balaban J connectivity index is 2.60. The molecule has 0 heterocycles. The highest BCUT2D eigenvalue weighted by atomic mass is 16.2. The molecule has 1 aromatic rings. The van der Waals surface area contributed by atoms with E-state index in [1.807, 2.05) is 58.9 Å². The molecule has 0 saturated heterocycles. The summed E-state index contributed by atoms with van der Waals surface area (Å²) in [6.45, 7) is 9.83. The van der Waals surface area contributed by atoms with Gasteiger partial charge < -0.3 is 10.6 Å². The number of carbonyl (C=O) groups excluding carboxylic acids is 1. The summed E-state index contributed by atoms with van der Waals surface area (Å²) >= 11 is 0. The highest BCUT2D eigenvalue weighted by Gasteiger charge is 2.18. The van der Waals surface area contributed by atoms with Crippen LogP contribution in [-0.2, 0) is 4.79 Å². The molecule has 0 bridgehead atoms. The molecule has 0 saturated carbocycles. The van der Waals surface area contributed by atoms with Gasteiger partial charge in [0, 0.05) is 11.2 Å². The summed E-state index contributed by atoms with van der Waals surface area (Å²) in [5.74, 6) is 0.0130. The van der Waals surface area contributed by atoms with Gasteiger partial charge in [0.05, 0.1) is 0 Å². The van der Waals surface area contributed by atoms with Crippen LogP contribution in [0.25, 0.3) is 0 Å². The first-order valence-electron chi connectivity index (χ1n) is 5.93. The maximum absolute atomic E-state index is 11.9. The lowest BCUT2D eigenvalue weighted by Crippen LogP contribution is -2.47. The fourth-order valence-electron chi connectivity index (χ4n) is 1.53. The zero-order chi connectivity index (χ0) is 13.1. The van der Waals surface area contributed by atoms with Crippen molar-refractivity contribution in [1.29, 1.82) is 0 Å². The fourth-order valence-corrected chi connectivity index (χ4v) is 1.53. The highest BCUT2D eigenvalue weighted by molar-refractivity contribution is 5.84. The van der Waals surface area contributed by atoms with E-state index in [9.17, 15) is 4.79 Å². The molecule has 0 fully saturated rings. The maximum Gasteiger partial charge on any atom is 0.242 e. The van der Waals surface area contributed by atoms with Gasteiger partial charge in [-0.25, -0.2) is 0 Å². The van der Waals surface area contributed by atoms with Gasteiger partial charge in [-0.1, -0.05) is 12.1 Å². The van der Waals surface area contributed by atoms with Crippen molar-refractivity contribution in [2.45, 2.75) is 46.2 Å². The summed E-state index contributed by atoms with van der Waals surface area (Å²) in [7, 11) is 0. The van der Waals surface area contributed by atoms with Crippen LogP contribution in [0.3, 0.4) is 0 Å². The van der Waals surface area contributed by atoms with Crippen molar-refractivity contribution in [1.82, 2.24) is 5.32 Å². The second-order valence-corrected chi connectivity index (χ2v) is 5.47. The van der Waals surface area contributed by atoms with E-state index in [1.54, 1.807) is 0 Å². The summed E-state index contributed by atoms with van der Waals surface area (Å²) in [5.41, 5.74) is 1.96. The molecule has 3 nitrogen and oxygen atoms in total. The Morgan fingerprint density at radius 2 is 1.94 bits per heavy atom. The third-order valence-corrected chi connectivity index (χ3v) is 2.29. The Morgan fingerprint density at radius 3 is 2.47 bits per heavy atom. The van der Waals surface area contributed by atoms with E-state index in [-0.39, 0.29) is 17.5 Å². The minimum Gasteiger partial charge on any atom is -0.374 e. The Labute approximate surface area is 104 Å². The van der Waals surface area contributed by atoms with Crippen LogP contribution in [0, 0.1) is 6.92 Å². The average molecular weight is 234 g/mol.